The van der Waals surface area contributed by atoms with Gasteiger partial charge < -0.3 is 15.4 Å². The van der Waals surface area contributed by atoms with Crippen LogP contribution in [0.1, 0.15) is 30.5 Å². The second-order valence-electron chi connectivity index (χ2n) is 4.96. The van der Waals surface area contributed by atoms with Crippen LogP contribution < -0.4 is 10.5 Å². The van der Waals surface area contributed by atoms with Crippen molar-refractivity contribution in [1.82, 2.24) is 4.90 Å². The Kier molecular flexibility index (Phi) is 5.83. The van der Waals surface area contributed by atoms with Crippen molar-refractivity contribution in [2.75, 3.05) is 20.7 Å². The number of hydrogen-bond donors (Lipinski definition) is 1. The maximum absolute atomic E-state index is 12.2. The highest BCUT2D eigenvalue weighted by Crippen LogP contribution is 2.25. The Bertz CT molecular complexity index is 433. The molecule has 0 saturated carbocycles. The first-order valence-corrected chi connectivity index (χ1v) is 6.40. The number of alkyl halides is 3. The summed E-state index contributed by atoms with van der Waals surface area (Å²) in [5, 5.41) is 0. The molecule has 0 spiro atoms. The third-order valence-electron chi connectivity index (χ3n) is 3.05. The molecular formula is C14H21F3N2O. The van der Waals surface area contributed by atoms with Gasteiger partial charge in [0.05, 0.1) is 13.5 Å². The summed E-state index contributed by atoms with van der Waals surface area (Å²) in [5.41, 5.74) is 7.59. The Hall–Kier alpha value is -1.27. The van der Waals surface area contributed by atoms with E-state index in [0.29, 0.717) is 12.3 Å². The molecule has 0 radical (unpaired) electrons. The first-order chi connectivity index (χ1) is 9.23. The molecule has 0 saturated heterocycles. The Morgan fingerprint density at radius 3 is 2.50 bits per heavy atom. The lowest BCUT2D eigenvalue weighted by Gasteiger charge is -2.20. The zero-order chi connectivity index (χ0) is 15.3. The Morgan fingerprint density at radius 1 is 1.35 bits per heavy atom. The molecule has 6 heteroatoms. The smallest absolute Gasteiger partial charge is 0.390 e. The highest BCUT2D eigenvalue weighted by Gasteiger charge is 2.27. The van der Waals surface area contributed by atoms with Crippen LogP contribution >= 0.6 is 0 Å². The summed E-state index contributed by atoms with van der Waals surface area (Å²) in [5.74, 6) is 0.660. The standard InChI is InChI=1S/C14H21F3N2O/c1-10(18)11-4-5-13(20-3)12(8-11)9-19(2)7-6-14(15,16)17/h4-5,8,10H,6-7,9,18H2,1-3H3. The zero-order valence-corrected chi connectivity index (χ0v) is 12.0. The van der Waals surface area contributed by atoms with E-state index < -0.39 is 12.6 Å². The van der Waals surface area contributed by atoms with E-state index in [9.17, 15) is 13.2 Å². The molecule has 0 fully saturated rings. The fraction of sp³-hybridized carbons (Fsp3) is 0.571. The van der Waals surface area contributed by atoms with Crippen LogP contribution in [0.15, 0.2) is 18.2 Å². The molecule has 0 aliphatic carbocycles. The number of methoxy groups -OCH3 is 1. The van der Waals surface area contributed by atoms with Crippen LogP contribution in [0.5, 0.6) is 5.75 Å². The second-order valence-corrected chi connectivity index (χ2v) is 4.96. The van der Waals surface area contributed by atoms with Crippen molar-refractivity contribution in [3.05, 3.63) is 29.3 Å². The first kappa shape index (κ1) is 16.8. The van der Waals surface area contributed by atoms with Crippen molar-refractivity contribution in [2.24, 2.45) is 5.73 Å². The molecular weight excluding hydrogens is 269 g/mol. The number of nitrogens with zero attached hydrogens (tertiary/aromatic N) is 1. The van der Waals surface area contributed by atoms with E-state index in [4.69, 9.17) is 10.5 Å². The van der Waals surface area contributed by atoms with Crippen molar-refractivity contribution in [1.29, 1.82) is 0 Å². The Morgan fingerprint density at radius 2 is 2.00 bits per heavy atom. The van der Waals surface area contributed by atoms with Gasteiger partial charge in [-0.05, 0) is 31.7 Å². The molecule has 20 heavy (non-hydrogen) atoms. The van der Waals surface area contributed by atoms with Crippen molar-refractivity contribution in [3.8, 4) is 5.75 Å². The molecule has 1 unspecified atom stereocenters. The van der Waals surface area contributed by atoms with Gasteiger partial charge in [0.15, 0.2) is 0 Å². The highest BCUT2D eigenvalue weighted by atomic mass is 19.4. The molecule has 1 atom stereocenters. The van der Waals surface area contributed by atoms with Crippen molar-refractivity contribution >= 4 is 0 Å². The average Bonchev–Trinajstić information content (AvgIpc) is 2.35. The van der Waals surface area contributed by atoms with Gasteiger partial charge in [-0.1, -0.05) is 6.07 Å². The molecule has 0 amide bonds. The predicted octanol–water partition coefficient (Wildman–Crippen LogP) is 3.10. The quantitative estimate of drug-likeness (QED) is 0.875. The SMILES string of the molecule is COc1ccc(C(C)N)cc1CN(C)CCC(F)(F)F. The molecule has 2 N–H and O–H groups in total. The van der Waals surface area contributed by atoms with Crippen LogP contribution in [-0.4, -0.2) is 31.8 Å². The number of halogens is 3. The number of hydrogen-bond acceptors (Lipinski definition) is 3. The molecule has 0 aliphatic rings. The molecule has 114 valence electrons. The first-order valence-electron chi connectivity index (χ1n) is 6.40. The maximum Gasteiger partial charge on any atom is 0.390 e. The van der Waals surface area contributed by atoms with Crippen molar-refractivity contribution in [3.63, 3.8) is 0 Å². The van der Waals surface area contributed by atoms with E-state index >= 15 is 0 Å². The highest BCUT2D eigenvalue weighted by molar-refractivity contribution is 5.38. The fourth-order valence-corrected chi connectivity index (χ4v) is 1.89. The van der Waals surface area contributed by atoms with Gasteiger partial charge in [-0.2, -0.15) is 13.2 Å². The van der Waals surface area contributed by atoms with Crippen LogP contribution in [-0.2, 0) is 6.54 Å². The minimum Gasteiger partial charge on any atom is -0.496 e. The van der Waals surface area contributed by atoms with E-state index in [0.717, 1.165) is 11.1 Å². The van der Waals surface area contributed by atoms with Gasteiger partial charge in [0.25, 0.3) is 0 Å². The van der Waals surface area contributed by atoms with Crippen molar-refractivity contribution in [2.45, 2.75) is 32.1 Å². The fourth-order valence-electron chi connectivity index (χ4n) is 1.89. The molecule has 1 rings (SSSR count). The minimum atomic E-state index is -4.13. The van der Waals surface area contributed by atoms with Gasteiger partial charge in [-0.25, -0.2) is 0 Å². The van der Waals surface area contributed by atoms with Gasteiger partial charge in [-0.3, -0.25) is 0 Å². The van der Waals surface area contributed by atoms with Crippen LogP contribution in [0.4, 0.5) is 13.2 Å². The summed E-state index contributed by atoms with van der Waals surface area (Å²) in [6, 6.07) is 5.42. The van der Waals surface area contributed by atoms with Gasteiger partial charge in [0.2, 0.25) is 0 Å². The van der Waals surface area contributed by atoms with E-state index in [1.54, 1.807) is 25.1 Å². The molecule has 1 aromatic rings. The van der Waals surface area contributed by atoms with Gasteiger partial charge >= 0.3 is 6.18 Å². The maximum atomic E-state index is 12.2. The number of ether oxygens (including phenoxy) is 1. The molecule has 0 bridgehead atoms. The van der Waals surface area contributed by atoms with Gasteiger partial charge in [-0.15, -0.1) is 0 Å². The van der Waals surface area contributed by atoms with Crippen LogP contribution in [0.25, 0.3) is 0 Å². The molecule has 0 aromatic heterocycles. The predicted molar refractivity (Wildman–Crippen MR) is 72.6 cm³/mol. The Labute approximate surface area is 117 Å². The summed E-state index contributed by atoms with van der Waals surface area (Å²) >= 11 is 0. The minimum absolute atomic E-state index is 0.0466. The molecule has 1 aromatic carbocycles. The summed E-state index contributed by atoms with van der Waals surface area (Å²) in [4.78, 5) is 1.62. The van der Waals surface area contributed by atoms with Crippen molar-refractivity contribution < 1.29 is 17.9 Å². The Balaban J connectivity index is 2.76. The molecule has 0 aliphatic heterocycles. The largest absolute Gasteiger partial charge is 0.496 e. The topological polar surface area (TPSA) is 38.5 Å². The molecule has 0 heterocycles. The summed E-state index contributed by atoms with van der Waals surface area (Å²) in [7, 11) is 3.20. The third kappa shape index (κ3) is 5.38. The van der Waals surface area contributed by atoms with E-state index in [-0.39, 0.29) is 12.6 Å². The second kappa shape index (κ2) is 6.95. The number of rotatable bonds is 6. The number of benzene rings is 1. The van der Waals surface area contributed by atoms with Crippen LogP contribution in [0, 0.1) is 0 Å². The number of nitrogens with two attached hydrogens (primary N) is 1. The lowest BCUT2D eigenvalue weighted by molar-refractivity contribution is -0.137. The van der Waals surface area contributed by atoms with E-state index in [1.807, 2.05) is 19.1 Å². The normalized spacial score (nSPS) is 13.6. The lowest BCUT2D eigenvalue weighted by Crippen LogP contribution is -2.24. The van der Waals surface area contributed by atoms with Crippen LogP contribution in [0.2, 0.25) is 0 Å². The monoisotopic (exact) mass is 290 g/mol. The van der Waals surface area contributed by atoms with Crippen LogP contribution in [0.3, 0.4) is 0 Å². The third-order valence-corrected chi connectivity index (χ3v) is 3.05. The zero-order valence-electron chi connectivity index (χ0n) is 12.0. The summed E-state index contributed by atoms with van der Waals surface area (Å²) in [6.07, 6.45) is -4.95. The summed E-state index contributed by atoms with van der Waals surface area (Å²) < 4.78 is 41.8. The van der Waals surface area contributed by atoms with Gasteiger partial charge in [0, 0.05) is 24.7 Å². The molecule has 3 nitrogen and oxygen atoms in total. The summed E-state index contributed by atoms with van der Waals surface area (Å²) in [6.45, 7) is 2.20. The lowest BCUT2D eigenvalue weighted by atomic mass is 10.0. The van der Waals surface area contributed by atoms with E-state index in [2.05, 4.69) is 0 Å². The van der Waals surface area contributed by atoms with Gasteiger partial charge in [0.1, 0.15) is 5.75 Å². The van der Waals surface area contributed by atoms with E-state index in [1.165, 1.54) is 0 Å². The average molecular weight is 290 g/mol.